The molecule has 4 N–H and O–H groups in total. The van der Waals surface area contributed by atoms with Gasteiger partial charge < -0.3 is 34.6 Å². The van der Waals surface area contributed by atoms with Gasteiger partial charge >= 0.3 is 5.97 Å². The Balaban J connectivity index is 2.19. The van der Waals surface area contributed by atoms with Crippen LogP contribution in [0.5, 0.6) is 5.75 Å². The molecule has 128 valence electrons. The van der Waals surface area contributed by atoms with E-state index in [4.69, 9.17) is 19.3 Å². The van der Waals surface area contributed by atoms with Crippen LogP contribution in [0, 0.1) is 0 Å². The van der Waals surface area contributed by atoms with Gasteiger partial charge in [0.2, 0.25) is 6.29 Å². The molecule has 1 aromatic carbocycles. The molecule has 0 aliphatic carbocycles. The second kappa shape index (κ2) is 7.71. The van der Waals surface area contributed by atoms with Crippen LogP contribution < -0.4 is 4.74 Å². The number of esters is 1. The highest BCUT2D eigenvalue weighted by molar-refractivity contribution is 5.92. The number of aliphatic hydroxyl groups excluding tert-OH is 4. The molecule has 1 heterocycles. The first kappa shape index (κ1) is 17.6. The number of rotatable bonds is 5. The molecule has 5 atom stereocenters. The molecular formula is C15H20O8. The predicted octanol–water partition coefficient (Wildman–Crippen LogP) is -0.958. The summed E-state index contributed by atoms with van der Waals surface area (Å²) in [5, 5.41) is 38.6. The Labute approximate surface area is 132 Å². The van der Waals surface area contributed by atoms with E-state index in [0.717, 1.165) is 0 Å². The highest BCUT2D eigenvalue weighted by Gasteiger charge is 2.45. The number of hydrogen-bond acceptors (Lipinski definition) is 8. The summed E-state index contributed by atoms with van der Waals surface area (Å²) in [4.78, 5) is 11.9. The van der Waals surface area contributed by atoms with Gasteiger partial charge in [0.05, 0.1) is 13.2 Å². The van der Waals surface area contributed by atoms with Gasteiger partial charge in [0.25, 0.3) is 0 Å². The van der Waals surface area contributed by atoms with Crippen molar-refractivity contribution in [3.05, 3.63) is 29.8 Å². The molecule has 0 unspecified atom stereocenters. The van der Waals surface area contributed by atoms with E-state index in [9.17, 15) is 20.1 Å². The molecule has 8 heteroatoms. The van der Waals surface area contributed by atoms with E-state index in [-0.39, 0.29) is 17.9 Å². The van der Waals surface area contributed by atoms with Crippen LogP contribution in [0.4, 0.5) is 0 Å². The van der Waals surface area contributed by atoms with Gasteiger partial charge in [-0.05, 0) is 19.1 Å². The Bertz CT molecular complexity index is 532. The maximum Gasteiger partial charge on any atom is 0.341 e. The molecule has 0 bridgehead atoms. The predicted molar refractivity (Wildman–Crippen MR) is 76.8 cm³/mol. The molecule has 0 aromatic heterocycles. The van der Waals surface area contributed by atoms with Crippen molar-refractivity contribution in [2.45, 2.75) is 37.6 Å². The Kier molecular flexibility index (Phi) is 5.91. The minimum Gasteiger partial charge on any atom is -0.462 e. The lowest BCUT2D eigenvalue weighted by molar-refractivity contribution is -0.277. The van der Waals surface area contributed by atoms with Gasteiger partial charge in [-0.3, -0.25) is 0 Å². The monoisotopic (exact) mass is 328 g/mol. The lowest BCUT2D eigenvalue weighted by atomic mass is 9.99. The fourth-order valence-corrected chi connectivity index (χ4v) is 2.24. The fourth-order valence-electron chi connectivity index (χ4n) is 2.24. The van der Waals surface area contributed by atoms with Crippen LogP contribution in [-0.4, -0.2) is 70.3 Å². The first-order valence-electron chi connectivity index (χ1n) is 7.23. The maximum atomic E-state index is 11.9. The van der Waals surface area contributed by atoms with Crippen LogP contribution in [0.1, 0.15) is 17.3 Å². The lowest BCUT2D eigenvalue weighted by Gasteiger charge is -2.39. The fraction of sp³-hybridized carbons (Fsp3) is 0.533. The summed E-state index contributed by atoms with van der Waals surface area (Å²) in [7, 11) is 0. The summed E-state index contributed by atoms with van der Waals surface area (Å²) in [5.74, 6) is -0.511. The molecule has 0 spiro atoms. The van der Waals surface area contributed by atoms with Crippen LogP contribution in [0.25, 0.3) is 0 Å². The van der Waals surface area contributed by atoms with Gasteiger partial charge in [-0.2, -0.15) is 0 Å². The Hall–Kier alpha value is -1.71. The summed E-state index contributed by atoms with van der Waals surface area (Å²) in [5.41, 5.74) is 0.131. The molecule has 0 amide bonds. The second-order valence-electron chi connectivity index (χ2n) is 5.03. The van der Waals surface area contributed by atoms with Gasteiger partial charge in [0.15, 0.2) is 0 Å². The highest BCUT2D eigenvalue weighted by atomic mass is 16.7. The average molecular weight is 328 g/mol. The molecule has 1 aliphatic rings. The van der Waals surface area contributed by atoms with Crippen LogP contribution in [0.3, 0.4) is 0 Å². The quantitative estimate of drug-likeness (QED) is 0.509. The van der Waals surface area contributed by atoms with Crippen LogP contribution >= 0.6 is 0 Å². The summed E-state index contributed by atoms with van der Waals surface area (Å²) in [6.07, 6.45) is -7.03. The SMILES string of the molecule is CCOC(=O)c1ccccc1O[C@H]1O[C@H](CO)[C@@H](O)[C@H](O)[C@@H]1O. The topological polar surface area (TPSA) is 126 Å². The van der Waals surface area contributed by atoms with E-state index in [1.165, 1.54) is 12.1 Å². The molecule has 1 aliphatic heterocycles. The van der Waals surface area contributed by atoms with Crippen LogP contribution in [-0.2, 0) is 9.47 Å². The Morgan fingerprint density at radius 3 is 2.52 bits per heavy atom. The molecule has 0 saturated carbocycles. The Morgan fingerprint density at radius 1 is 1.17 bits per heavy atom. The number of hydrogen-bond donors (Lipinski definition) is 4. The molecule has 8 nitrogen and oxygen atoms in total. The van der Waals surface area contributed by atoms with E-state index in [2.05, 4.69) is 0 Å². The third-order valence-electron chi connectivity index (χ3n) is 3.47. The average Bonchev–Trinajstić information content (AvgIpc) is 2.56. The van der Waals surface area contributed by atoms with Crippen molar-refractivity contribution >= 4 is 5.97 Å². The van der Waals surface area contributed by atoms with Crippen molar-refractivity contribution in [1.29, 1.82) is 0 Å². The van der Waals surface area contributed by atoms with Crippen molar-refractivity contribution < 1.29 is 39.4 Å². The second-order valence-corrected chi connectivity index (χ2v) is 5.03. The van der Waals surface area contributed by atoms with Crippen molar-refractivity contribution in [3.8, 4) is 5.75 Å². The van der Waals surface area contributed by atoms with E-state index in [0.29, 0.717) is 0 Å². The number of benzene rings is 1. The number of ether oxygens (including phenoxy) is 3. The van der Waals surface area contributed by atoms with Gasteiger partial charge in [0, 0.05) is 0 Å². The molecule has 23 heavy (non-hydrogen) atoms. The van der Waals surface area contributed by atoms with Gasteiger partial charge in [0.1, 0.15) is 35.7 Å². The number of para-hydroxylation sites is 1. The third-order valence-corrected chi connectivity index (χ3v) is 3.47. The molecule has 1 aromatic rings. The zero-order valence-electron chi connectivity index (χ0n) is 12.5. The first-order valence-corrected chi connectivity index (χ1v) is 7.23. The number of carbonyl (C=O) groups excluding carboxylic acids is 1. The third kappa shape index (κ3) is 3.80. The smallest absolute Gasteiger partial charge is 0.341 e. The first-order chi connectivity index (χ1) is 11.0. The standard InChI is InChI=1S/C15H20O8/c1-2-21-14(20)8-5-3-4-6-9(8)22-15-13(19)12(18)11(17)10(7-16)23-15/h3-6,10-13,15-19H,2,7H2,1H3/t10-,11-,12+,13+,15+/m1/s1. The highest BCUT2D eigenvalue weighted by Crippen LogP contribution is 2.26. The Morgan fingerprint density at radius 2 is 1.87 bits per heavy atom. The maximum absolute atomic E-state index is 11.9. The van der Waals surface area contributed by atoms with Crippen molar-refractivity contribution in [2.24, 2.45) is 0 Å². The summed E-state index contributed by atoms with van der Waals surface area (Å²) in [6.45, 7) is 1.29. The van der Waals surface area contributed by atoms with Crippen molar-refractivity contribution in [1.82, 2.24) is 0 Å². The molecule has 2 rings (SSSR count). The van der Waals surface area contributed by atoms with Crippen LogP contribution in [0.2, 0.25) is 0 Å². The summed E-state index contributed by atoms with van der Waals surface area (Å²) >= 11 is 0. The zero-order valence-corrected chi connectivity index (χ0v) is 12.5. The van der Waals surface area contributed by atoms with E-state index in [1.54, 1.807) is 19.1 Å². The van der Waals surface area contributed by atoms with Crippen LogP contribution in [0.15, 0.2) is 24.3 Å². The van der Waals surface area contributed by atoms with E-state index in [1.807, 2.05) is 0 Å². The van der Waals surface area contributed by atoms with Crippen molar-refractivity contribution in [3.63, 3.8) is 0 Å². The minimum absolute atomic E-state index is 0.0929. The summed E-state index contributed by atoms with van der Waals surface area (Å²) in [6, 6.07) is 6.19. The summed E-state index contributed by atoms with van der Waals surface area (Å²) < 4.78 is 15.6. The van der Waals surface area contributed by atoms with E-state index >= 15 is 0 Å². The minimum atomic E-state index is -1.55. The molecule has 1 fully saturated rings. The zero-order chi connectivity index (χ0) is 17.0. The largest absolute Gasteiger partial charge is 0.462 e. The number of aliphatic hydroxyl groups is 4. The number of carbonyl (C=O) groups is 1. The van der Waals surface area contributed by atoms with Gasteiger partial charge in [-0.25, -0.2) is 4.79 Å². The van der Waals surface area contributed by atoms with Crippen molar-refractivity contribution in [2.75, 3.05) is 13.2 Å². The molecule has 0 radical (unpaired) electrons. The normalized spacial score (nSPS) is 30.7. The lowest BCUT2D eigenvalue weighted by Crippen LogP contribution is -2.60. The molecular weight excluding hydrogens is 308 g/mol. The van der Waals surface area contributed by atoms with Gasteiger partial charge in [-0.1, -0.05) is 12.1 Å². The van der Waals surface area contributed by atoms with Gasteiger partial charge in [-0.15, -0.1) is 0 Å². The molecule has 1 saturated heterocycles. The van der Waals surface area contributed by atoms with E-state index < -0.39 is 43.3 Å².